The Morgan fingerprint density at radius 2 is 1.91 bits per heavy atom. The molecule has 34 heavy (non-hydrogen) atoms. The first kappa shape index (κ1) is 24.6. The summed E-state index contributed by atoms with van der Waals surface area (Å²) in [5.41, 5.74) is -1.20. The van der Waals surface area contributed by atoms with Crippen LogP contribution in [0.4, 0.5) is 0 Å². The number of ether oxygens (including phenoxy) is 1. The van der Waals surface area contributed by atoms with Gasteiger partial charge in [0, 0.05) is 18.3 Å². The molecule has 2 fully saturated rings. The van der Waals surface area contributed by atoms with Gasteiger partial charge >= 0.3 is 5.97 Å². The van der Waals surface area contributed by atoms with E-state index in [2.05, 4.69) is 12.1 Å². The van der Waals surface area contributed by atoms with E-state index in [1.807, 2.05) is 44.1 Å². The predicted octanol–water partition coefficient (Wildman–Crippen LogP) is 2.08. The molecule has 2 aliphatic heterocycles. The zero-order valence-electron chi connectivity index (χ0n) is 19.9. The SMILES string of the molecule is CN(C)[C@@H]1CCC2(C(O)Cn3cc(C(=O)O)ccc3=O)C[C@H](c3ccccc3)CC(C)(O2)[C@H]1O. The molecular weight excluding hydrogens is 436 g/mol. The zero-order chi connectivity index (χ0) is 24.7. The molecule has 0 radical (unpaired) electrons. The van der Waals surface area contributed by atoms with E-state index < -0.39 is 34.9 Å². The molecule has 184 valence electrons. The van der Waals surface area contributed by atoms with Crippen molar-refractivity contribution >= 4 is 5.97 Å². The number of benzene rings is 1. The molecule has 3 unspecified atom stereocenters. The van der Waals surface area contributed by atoms with Gasteiger partial charge < -0.3 is 29.5 Å². The van der Waals surface area contributed by atoms with Crippen LogP contribution in [0.3, 0.4) is 0 Å². The van der Waals surface area contributed by atoms with Crippen LogP contribution in [0, 0.1) is 0 Å². The first-order chi connectivity index (χ1) is 16.0. The molecule has 3 heterocycles. The summed E-state index contributed by atoms with van der Waals surface area (Å²) in [5.74, 6) is -1.09. The fourth-order valence-electron chi connectivity index (χ4n) is 5.84. The lowest BCUT2D eigenvalue weighted by atomic mass is 9.72. The Bertz CT molecular complexity index is 1090. The van der Waals surface area contributed by atoms with Crippen molar-refractivity contribution in [2.45, 2.75) is 74.5 Å². The number of nitrogens with zero attached hydrogens (tertiary/aromatic N) is 2. The van der Waals surface area contributed by atoms with Crippen LogP contribution < -0.4 is 5.56 Å². The number of hydrogen-bond acceptors (Lipinski definition) is 6. The molecule has 2 bridgehead atoms. The number of likely N-dealkylation sites (N-methyl/N-ethyl adjacent to an activating group) is 1. The summed E-state index contributed by atoms with van der Waals surface area (Å²) in [5, 5.41) is 32.3. The highest BCUT2D eigenvalue weighted by atomic mass is 16.6. The maximum absolute atomic E-state index is 12.5. The van der Waals surface area contributed by atoms with Crippen molar-refractivity contribution in [2.75, 3.05) is 14.1 Å². The van der Waals surface area contributed by atoms with Crippen LogP contribution in [0.15, 0.2) is 53.5 Å². The van der Waals surface area contributed by atoms with Crippen molar-refractivity contribution in [3.8, 4) is 0 Å². The summed E-state index contributed by atoms with van der Waals surface area (Å²) < 4.78 is 7.90. The van der Waals surface area contributed by atoms with Crippen molar-refractivity contribution in [3.63, 3.8) is 0 Å². The lowest BCUT2D eigenvalue weighted by molar-refractivity contribution is -0.253. The molecule has 1 aromatic heterocycles. The molecule has 2 saturated heterocycles. The van der Waals surface area contributed by atoms with Crippen molar-refractivity contribution in [2.24, 2.45) is 0 Å². The second-order valence-corrected chi connectivity index (χ2v) is 10.2. The van der Waals surface area contributed by atoms with E-state index in [4.69, 9.17) is 4.74 Å². The van der Waals surface area contributed by atoms with E-state index in [9.17, 15) is 24.9 Å². The minimum Gasteiger partial charge on any atom is -0.478 e. The molecule has 8 nitrogen and oxygen atoms in total. The Morgan fingerprint density at radius 3 is 2.56 bits per heavy atom. The molecule has 0 saturated carbocycles. The standard InChI is InChI=1S/C26H34N2O6/c1-25-13-19(17-7-5-4-6-8-17)14-26(34-25,12-11-20(23(25)31)27(2)3)21(29)16-28-15-18(24(32)33)9-10-22(28)30/h4-10,15,19-21,23,29,31H,11-14,16H2,1-3H3,(H,32,33)/t19-,20-,21?,23+,25?,26?/m1/s1. The van der Waals surface area contributed by atoms with Crippen LogP contribution in [-0.2, 0) is 11.3 Å². The number of carboxylic acid groups (broad SMARTS) is 1. The summed E-state index contributed by atoms with van der Waals surface area (Å²) in [7, 11) is 3.86. The number of fused-ring (bicyclic) bond motifs is 2. The Kier molecular flexibility index (Phi) is 6.70. The largest absolute Gasteiger partial charge is 0.478 e. The maximum Gasteiger partial charge on any atom is 0.337 e. The average molecular weight is 471 g/mol. The number of carboxylic acids is 1. The molecule has 0 amide bonds. The van der Waals surface area contributed by atoms with E-state index in [0.29, 0.717) is 25.7 Å². The lowest BCUT2D eigenvalue weighted by Gasteiger charge is -2.52. The Hall–Kier alpha value is -2.52. The number of hydrogen-bond donors (Lipinski definition) is 3. The highest BCUT2D eigenvalue weighted by Gasteiger charge is 2.57. The molecule has 6 atom stereocenters. The van der Waals surface area contributed by atoms with Gasteiger partial charge in [-0.1, -0.05) is 30.3 Å². The van der Waals surface area contributed by atoms with Crippen LogP contribution in [0.5, 0.6) is 0 Å². The summed E-state index contributed by atoms with van der Waals surface area (Å²) in [4.78, 5) is 25.9. The maximum atomic E-state index is 12.5. The number of aliphatic hydroxyl groups excluding tert-OH is 2. The Labute approximate surface area is 199 Å². The lowest BCUT2D eigenvalue weighted by Crippen LogP contribution is -2.60. The molecular formula is C26H34N2O6. The molecule has 2 aromatic rings. The highest BCUT2D eigenvalue weighted by Crippen LogP contribution is 2.51. The smallest absolute Gasteiger partial charge is 0.337 e. The van der Waals surface area contributed by atoms with E-state index in [-0.39, 0.29) is 24.1 Å². The second kappa shape index (κ2) is 9.26. The van der Waals surface area contributed by atoms with Crippen LogP contribution in [-0.4, -0.2) is 74.3 Å². The second-order valence-electron chi connectivity index (χ2n) is 10.2. The van der Waals surface area contributed by atoms with Gasteiger partial charge in [0.25, 0.3) is 5.56 Å². The molecule has 3 N–H and O–H groups in total. The molecule has 0 spiro atoms. The van der Waals surface area contributed by atoms with Gasteiger partial charge in [0.05, 0.1) is 29.4 Å². The van der Waals surface area contributed by atoms with E-state index >= 15 is 0 Å². The number of aromatic carboxylic acids is 1. The van der Waals surface area contributed by atoms with E-state index in [0.717, 1.165) is 5.56 Å². The van der Waals surface area contributed by atoms with Crippen LogP contribution in [0.25, 0.3) is 0 Å². The van der Waals surface area contributed by atoms with Crippen LogP contribution in [0.1, 0.15) is 54.4 Å². The van der Waals surface area contributed by atoms with Gasteiger partial charge in [-0.15, -0.1) is 0 Å². The third-order valence-electron chi connectivity index (χ3n) is 7.68. The van der Waals surface area contributed by atoms with E-state index in [1.54, 1.807) is 0 Å². The number of aromatic nitrogens is 1. The van der Waals surface area contributed by atoms with Crippen molar-refractivity contribution in [1.29, 1.82) is 0 Å². The van der Waals surface area contributed by atoms with Crippen molar-refractivity contribution in [3.05, 3.63) is 70.1 Å². The fraction of sp³-hybridized carbons (Fsp3) is 0.538. The molecule has 2 aliphatic rings. The zero-order valence-corrected chi connectivity index (χ0v) is 19.9. The fourth-order valence-corrected chi connectivity index (χ4v) is 5.84. The minimum atomic E-state index is -1.14. The topological polar surface area (TPSA) is 112 Å². The van der Waals surface area contributed by atoms with Gasteiger partial charge in [0.15, 0.2) is 0 Å². The van der Waals surface area contributed by atoms with Gasteiger partial charge in [0.1, 0.15) is 6.10 Å². The first-order valence-corrected chi connectivity index (χ1v) is 11.8. The number of carbonyl (C=O) groups is 1. The highest BCUT2D eigenvalue weighted by molar-refractivity contribution is 5.87. The molecule has 1 aromatic carbocycles. The number of rotatable bonds is 6. The van der Waals surface area contributed by atoms with Crippen molar-refractivity contribution in [1.82, 2.24) is 9.47 Å². The average Bonchev–Trinajstić information content (AvgIpc) is 2.87. The summed E-state index contributed by atoms with van der Waals surface area (Å²) in [6.07, 6.45) is 1.68. The molecule has 0 aliphatic carbocycles. The number of aliphatic hydroxyl groups is 2. The summed E-state index contributed by atoms with van der Waals surface area (Å²) >= 11 is 0. The third kappa shape index (κ3) is 4.55. The van der Waals surface area contributed by atoms with Crippen LogP contribution in [0.2, 0.25) is 0 Å². The Balaban J connectivity index is 1.74. The van der Waals surface area contributed by atoms with Crippen LogP contribution >= 0.6 is 0 Å². The van der Waals surface area contributed by atoms with Crippen molar-refractivity contribution < 1.29 is 24.9 Å². The normalized spacial score (nSPS) is 32.2. The quantitative estimate of drug-likeness (QED) is 0.593. The minimum absolute atomic E-state index is 0.0233. The van der Waals surface area contributed by atoms with Gasteiger partial charge in [-0.05, 0) is 64.3 Å². The van der Waals surface area contributed by atoms with Gasteiger partial charge in [0.2, 0.25) is 0 Å². The number of pyridine rings is 1. The first-order valence-electron chi connectivity index (χ1n) is 11.8. The van der Waals surface area contributed by atoms with Gasteiger partial charge in [-0.3, -0.25) is 4.79 Å². The molecule has 8 heteroatoms. The Morgan fingerprint density at radius 1 is 1.21 bits per heavy atom. The monoisotopic (exact) mass is 470 g/mol. The van der Waals surface area contributed by atoms with Gasteiger partial charge in [-0.2, -0.15) is 0 Å². The predicted molar refractivity (Wildman–Crippen MR) is 127 cm³/mol. The third-order valence-corrected chi connectivity index (χ3v) is 7.68. The van der Waals surface area contributed by atoms with Gasteiger partial charge in [-0.25, -0.2) is 4.79 Å². The molecule has 4 rings (SSSR count). The summed E-state index contributed by atoms with van der Waals surface area (Å²) in [6, 6.07) is 12.4. The summed E-state index contributed by atoms with van der Waals surface area (Å²) in [6.45, 7) is 1.81. The van der Waals surface area contributed by atoms with E-state index in [1.165, 1.54) is 22.9 Å².